The molecule has 7 nitrogen and oxygen atoms in total. The number of anilines is 2. The molecule has 124 valence electrons. The molecule has 1 aromatic carbocycles. The number of carbonyl (C=O) groups is 3. The van der Waals surface area contributed by atoms with Crippen molar-refractivity contribution in [3.05, 3.63) is 40.4 Å². The second kappa shape index (κ2) is 6.04. The Balaban J connectivity index is 1.71. The van der Waals surface area contributed by atoms with Gasteiger partial charge in [0.1, 0.15) is 0 Å². The maximum absolute atomic E-state index is 12.1. The van der Waals surface area contributed by atoms with Gasteiger partial charge in [0.05, 0.1) is 11.1 Å². The molecule has 24 heavy (non-hydrogen) atoms. The minimum absolute atomic E-state index is 0.289. The Labute approximate surface area is 142 Å². The van der Waals surface area contributed by atoms with Gasteiger partial charge in [-0.3, -0.25) is 19.8 Å². The highest BCUT2D eigenvalue weighted by atomic mass is 32.1. The Morgan fingerprint density at radius 2 is 1.88 bits per heavy atom. The monoisotopic (exact) mass is 344 g/mol. The van der Waals surface area contributed by atoms with Crippen LogP contribution in [0.2, 0.25) is 0 Å². The third-order valence-corrected chi connectivity index (χ3v) is 4.87. The van der Waals surface area contributed by atoms with Gasteiger partial charge in [-0.2, -0.15) is 0 Å². The van der Waals surface area contributed by atoms with Crippen molar-refractivity contribution in [2.45, 2.75) is 19.8 Å². The molecule has 4 amide bonds. The quantitative estimate of drug-likeness (QED) is 0.837. The molecule has 3 rings (SSSR count). The highest BCUT2D eigenvalue weighted by molar-refractivity contribution is 7.15. The molecule has 0 saturated heterocycles. The smallest absolute Gasteiger partial charge is 0.308 e. The van der Waals surface area contributed by atoms with Crippen LogP contribution in [0.15, 0.2) is 24.4 Å². The molecule has 1 aliphatic heterocycles. The molecule has 2 N–H and O–H groups in total. The topological polar surface area (TPSA) is 91.4 Å². The summed E-state index contributed by atoms with van der Waals surface area (Å²) in [6.07, 6.45) is 1.74. The van der Waals surface area contributed by atoms with Gasteiger partial charge in [-0.05, 0) is 24.1 Å². The molecule has 2 heterocycles. The summed E-state index contributed by atoms with van der Waals surface area (Å²) in [6.45, 7) is 4.11. The van der Waals surface area contributed by atoms with Crippen molar-refractivity contribution in [1.82, 2.24) is 9.88 Å². The number of nitrogens with one attached hydrogen (secondary N) is 2. The molecule has 1 aliphatic rings. The number of aromatic nitrogens is 1. The maximum Gasteiger partial charge on any atom is 0.325 e. The number of nitrogens with zero attached hydrogens (tertiary/aromatic N) is 2. The summed E-state index contributed by atoms with van der Waals surface area (Å²) in [5, 5.41) is 5.80. The number of hydrogen-bond donors (Lipinski definition) is 2. The molecular formula is C16H16N4O3S. The number of benzene rings is 1. The van der Waals surface area contributed by atoms with E-state index >= 15 is 0 Å². The summed E-state index contributed by atoms with van der Waals surface area (Å²) >= 11 is 1.41. The summed E-state index contributed by atoms with van der Waals surface area (Å²) in [5.74, 6) is -0.367. The van der Waals surface area contributed by atoms with Gasteiger partial charge in [-0.25, -0.2) is 9.78 Å². The Bertz CT molecular complexity index is 844. The number of rotatable bonds is 3. The molecule has 2 aromatic rings. The lowest BCUT2D eigenvalue weighted by Crippen LogP contribution is -2.24. The summed E-state index contributed by atoms with van der Waals surface area (Å²) in [6, 6.07) is 4.17. The lowest BCUT2D eigenvalue weighted by atomic mass is 10.1. The van der Waals surface area contributed by atoms with E-state index in [0.29, 0.717) is 22.3 Å². The Morgan fingerprint density at radius 3 is 2.54 bits per heavy atom. The SMILES string of the molecule is CC(C)c1cnc(NC(=O)Nc2ccc3c(c2)C(=O)N(C)C3=O)s1. The minimum Gasteiger partial charge on any atom is -0.308 e. The van der Waals surface area contributed by atoms with E-state index in [4.69, 9.17) is 0 Å². The molecule has 8 heteroatoms. The predicted octanol–water partition coefficient (Wildman–Crippen LogP) is 3.14. The van der Waals surface area contributed by atoms with Crippen molar-refractivity contribution in [3.8, 4) is 0 Å². The number of amides is 4. The average Bonchev–Trinajstić information content (AvgIpc) is 3.08. The Hall–Kier alpha value is -2.74. The van der Waals surface area contributed by atoms with Crippen molar-refractivity contribution >= 4 is 40.0 Å². The molecule has 0 atom stereocenters. The third kappa shape index (κ3) is 2.88. The van der Waals surface area contributed by atoms with E-state index in [2.05, 4.69) is 29.5 Å². The highest BCUT2D eigenvalue weighted by Gasteiger charge is 2.32. The number of hydrogen-bond acceptors (Lipinski definition) is 5. The van der Waals surface area contributed by atoms with Crippen molar-refractivity contribution in [2.75, 3.05) is 17.7 Å². The molecule has 0 saturated carbocycles. The van der Waals surface area contributed by atoms with Crippen LogP contribution in [0.5, 0.6) is 0 Å². The zero-order valence-electron chi connectivity index (χ0n) is 13.4. The Kier molecular flexibility index (Phi) is 4.06. The number of carbonyl (C=O) groups excluding carboxylic acids is 3. The summed E-state index contributed by atoms with van der Waals surface area (Å²) in [7, 11) is 1.43. The summed E-state index contributed by atoms with van der Waals surface area (Å²) in [5.41, 5.74) is 1.06. The van der Waals surface area contributed by atoms with Gasteiger partial charge >= 0.3 is 6.03 Å². The number of fused-ring (bicyclic) bond motifs is 1. The van der Waals surface area contributed by atoms with E-state index in [1.807, 2.05) is 0 Å². The van der Waals surface area contributed by atoms with Gasteiger partial charge in [-0.15, -0.1) is 11.3 Å². The van der Waals surface area contributed by atoms with Crippen molar-refractivity contribution in [1.29, 1.82) is 0 Å². The fourth-order valence-electron chi connectivity index (χ4n) is 2.31. The lowest BCUT2D eigenvalue weighted by Gasteiger charge is -2.06. The molecular weight excluding hydrogens is 328 g/mol. The average molecular weight is 344 g/mol. The highest BCUT2D eigenvalue weighted by Crippen LogP contribution is 2.26. The van der Waals surface area contributed by atoms with E-state index in [1.165, 1.54) is 30.5 Å². The first-order chi connectivity index (χ1) is 11.4. The number of urea groups is 1. The van der Waals surface area contributed by atoms with E-state index < -0.39 is 6.03 Å². The van der Waals surface area contributed by atoms with Crippen LogP contribution in [-0.2, 0) is 0 Å². The van der Waals surface area contributed by atoms with E-state index in [9.17, 15) is 14.4 Å². The van der Waals surface area contributed by atoms with Crippen LogP contribution in [0.25, 0.3) is 0 Å². The van der Waals surface area contributed by atoms with Gasteiger partial charge in [0.2, 0.25) is 0 Å². The van der Waals surface area contributed by atoms with Gasteiger partial charge in [0.15, 0.2) is 5.13 Å². The number of imide groups is 1. The largest absolute Gasteiger partial charge is 0.325 e. The number of thiazole rings is 1. The second-order valence-electron chi connectivity index (χ2n) is 5.73. The lowest BCUT2D eigenvalue weighted by molar-refractivity contribution is 0.0693. The van der Waals surface area contributed by atoms with Gasteiger partial charge < -0.3 is 5.32 Å². The fourth-order valence-corrected chi connectivity index (χ4v) is 3.12. The first-order valence-corrected chi connectivity index (χ1v) is 8.18. The first-order valence-electron chi connectivity index (χ1n) is 7.37. The zero-order valence-corrected chi connectivity index (χ0v) is 14.2. The standard InChI is InChI=1S/C16H16N4O3S/c1-8(2)12-7-17-16(24-12)19-15(23)18-9-4-5-10-11(6-9)14(22)20(3)13(10)21/h4-8H,1-3H3,(H2,17,18,19,23). The summed E-state index contributed by atoms with van der Waals surface area (Å²) < 4.78 is 0. The van der Waals surface area contributed by atoms with E-state index in [-0.39, 0.29) is 17.4 Å². The van der Waals surface area contributed by atoms with Crippen molar-refractivity contribution < 1.29 is 14.4 Å². The van der Waals surface area contributed by atoms with E-state index in [1.54, 1.807) is 12.3 Å². The van der Waals surface area contributed by atoms with Crippen molar-refractivity contribution in [3.63, 3.8) is 0 Å². The Morgan fingerprint density at radius 1 is 1.17 bits per heavy atom. The molecule has 0 radical (unpaired) electrons. The molecule has 0 bridgehead atoms. The molecule has 0 aliphatic carbocycles. The second-order valence-corrected chi connectivity index (χ2v) is 6.79. The predicted molar refractivity (Wildman–Crippen MR) is 91.7 cm³/mol. The minimum atomic E-state index is -0.454. The molecule has 0 fully saturated rings. The first kappa shape index (κ1) is 16.1. The van der Waals surface area contributed by atoms with Crippen LogP contribution in [0, 0.1) is 0 Å². The van der Waals surface area contributed by atoms with Crippen LogP contribution in [0.1, 0.15) is 45.4 Å². The van der Waals surface area contributed by atoms with E-state index in [0.717, 1.165) is 9.78 Å². The van der Waals surface area contributed by atoms with Crippen molar-refractivity contribution in [2.24, 2.45) is 0 Å². The van der Waals surface area contributed by atoms with Crippen LogP contribution in [0.3, 0.4) is 0 Å². The maximum atomic E-state index is 12.1. The molecule has 1 aromatic heterocycles. The van der Waals surface area contributed by atoms with Gasteiger partial charge in [0.25, 0.3) is 11.8 Å². The third-order valence-electron chi connectivity index (χ3n) is 3.66. The molecule has 0 spiro atoms. The van der Waals surface area contributed by atoms with Crippen LogP contribution >= 0.6 is 11.3 Å². The van der Waals surface area contributed by atoms with Crippen LogP contribution in [-0.4, -0.2) is 34.8 Å². The van der Waals surface area contributed by atoms with Gasteiger partial charge in [-0.1, -0.05) is 13.8 Å². The normalized spacial score (nSPS) is 13.4. The van der Waals surface area contributed by atoms with Crippen LogP contribution in [0.4, 0.5) is 15.6 Å². The fraction of sp³-hybridized carbons (Fsp3) is 0.250. The summed E-state index contributed by atoms with van der Waals surface area (Å²) in [4.78, 5) is 42.1. The molecule has 0 unspecified atom stereocenters. The van der Waals surface area contributed by atoms with Crippen LogP contribution < -0.4 is 10.6 Å². The van der Waals surface area contributed by atoms with Gasteiger partial charge in [0, 0.05) is 23.8 Å². The zero-order chi connectivity index (χ0) is 17.4.